The molecule has 0 aliphatic rings. The highest BCUT2D eigenvalue weighted by Gasteiger charge is 2.16. The van der Waals surface area contributed by atoms with Gasteiger partial charge in [0, 0.05) is 6.21 Å². The average Bonchev–Trinajstić information content (AvgIpc) is 2.79. The van der Waals surface area contributed by atoms with Crippen LogP contribution in [-0.4, -0.2) is 26.4 Å². The molecular weight excluding hydrogens is 282 g/mol. The molecule has 114 valence electrons. The molecule has 0 spiro atoms. The predicted molar refractivity (Wildman–Crippen MR) is 87.8 cm³/mol. The first kappa shape index (κ1) is 17.0. The van der Waals surface area contributed by atoms with E-state index in [1.807, 2.05) is 0 Å². The first-order valence-electron chi connectivity index (χ1n) is 6.51. The van der Waals surface area contributed by atoms with Crippen LogP contribution >= 0.6 is 0 Å². The molecule has 0 bridgehead atoms. The van der Waals surface area contributed by atoms with Crippen molar-refractivity contribution in [1.82, 2.24) is 9.13 Å². The van der Waals surface area contributed by atoms with Crippen LogP contribution in [0.15, 0.2) is 40.1 Å². The molecule has 0 amide bonds. The number of hydrogen-bond donors (Lipinski definition) is 1. The maximum absolute atomic E-state index is 12.4. The van der Waals surface area contributed by atoms with Crippen molar-refractivity contribution in [1.29, 1.82) is 0 Å². The Morgan fingerprint density at radius 3 is 2.36 bits per heavy atom. The zero-order valence-electron chi connectivity index (χ0n) is 12.4. The number of carbonyl (C=O) groups is 1. The molecule has 0 unspecified atom stereocenters. The van der Waals surface area contributed by atoms with E-state index in [0.29, 0.717) is 16.9 Å². The second-order valence-electron chi connectivity index (χ2n) is 4.12. The molecule has 2 aromatic rings. The Labute approximate surface area is 128 Å². The number of hydrogen-bond acceptors (Lipinski definition) is 3. The molecular formula is C16H17N3O3. The number of allylic oxidation sites excluding steroid dienone is 1. The highest BCUT2D eigenvalue weighted by atomic mass is 16.4. The molecule has 0 fully saturated rings. The van der Waals surface area contributed by atoms with Crippen LogP contribution in [0.2, 0.25) is 0 Å². The molecule has 0 aliphatic carbocycles. The highest BCUT2D eigenvalue weighted by Crippen LogP contribution is 2.17. The molecule has 1 aromatic heterocycles. The largest absolute Gasteiger partial charge is 0.480 e. The van der Waals surface area contributed by atoms with Gasteiger partial charge < -0.3 is 5.11 Å². The van der Waals surface area contributed by atoms with Crippen molar-refractivity contribution >= 4 is 29.0 Å². The molecule has 1 N–H and O–H groups in total. The SMILES string of the molecule is C#C.C/C=N\C(=C/C)n1c(=O)n(CC(=O)O)c2ccccc21. The third-order valence-corrected chi connectivity index (χ3v) is 2.88. The quantitative estimate of drug-likeness (QED) is 0.693. The number of rotatable bonds is 4. The smallest absolute Gasteiger partial charge is 0.335 e. The summed E-state index contributed by atoms with van der Waals surface area (Å²) in [5.41, 5.74) is 0.801. The monoisotopic (exact) mass is 299 g/mol. The topological polar surface area (TPSA) is 76.6 Å². The minimum atomic E-state index is -1.06. The van der Waals surface area contributed by atoms with Gasteiger partial charge in [-0.15, -0.1) is 12.8 Å². The maximum atomic E-state index is 12.4. The van der Waals surface area contributed by atoms with Crippen molar-refractivity contribution in [3.63, 3.8) is 0 Å². The molecule has 2 rings (SSSR count). The van der Waals surface area contributed by atoms with E-state index in [1.165, 1.54) is 9.13 Å². The fraction of sp³-hybridized carbons (Fsp3) is 0.188. The third-order valence-electron chi connectivity index (χ3n) is 2.88. The Morgan fingerprint density at radius 2 is 1.86 bits per heavy atom. The van der Waals surface area contributed by atoms with Gasteiger partial charge in [-0.3, -0.25) is 9.36 Å². The summed E-state index contributed by atoms with van der Waals surface area (Å²) in [4.78, 5) is 27.5. The van der Waals surface area contributed by atoms with Crippen LogP contribution in [0.5, 0.6) is 0 Å². The number of benzene rings is 1. The third kappa shape index (κ3) is 3.15. The summed E-state index contributed by atoms with van der Waals surface area (Å²) in [6.07, 6.45) is 11.3. The lowest BCUT2D eigenvalue weighted by molar-refractivity contribution is -0.137. The van der Waals surface area contributed by atoms with E-state index in [-0.39, 0.29) is 6.54 Å². The molecule has 6 heteroatoms. The van der Waals surface area contributed by atoms with Gasteiger partial charge in [0.2, 0.25) is 0 Å². The Bertz CT molecular complexity index is 807. The van der Waals surface area contributed by atoms with E-state index in [2.05, 4.69) is 17.8 Å². The van der Waals surface area contributed by atoms with Gasteiger partial charge in [0.05, 0.1) is 11.0 Å². The summed E-state index contributed by atoms with van der Waals surface area (Å²) in [5.74, 6) is -0.589. The van der Waals surface area contributed by atoms with Gasteiger partial charge in [-0.25, -0.2) is 14.4 Å². The number of carboxylic acids is 1. The number of terminal acetylenes is 1. The summed E-state index contributed by atoms with van der Waals surface area (Å²) in [5, 5.41) is 8.95. The zero-order chi connectivity index (χ0) is 16.7. The summed E-state index contributed by atoms with van der Waals surface area (Å²) < 4.78 is 2.64. The van der Waals surface area contributed by atoms with E-state index >= 15 is 0 Å². The first-order chi connectivity index (χ1) is 10.6. The minimum Gasteiger partial charge on any atom is -0.480 e. The Kier molecular flexibility index (Phi) is 5.90. The second-order valence-corrected chi connectivity index (χ2v) is 4.12. The summed E-state index contributed by atoms with van der Waals surface area (Å²) >= 11 is 0. The summed E-state index contributed by atoms with van der Waals surface area (Å²) in [6.45, 7) is 3.15. The van der Waals surface area contributed by atoms with E-state index in [9.17, 15) is 9.59 Å². The number of fused-ring (bicyclic) bond motifs is 1. The van der Waals surface area contributed by atoms with Crippen molar-refractivity contribution in [3.05, 3.63) is 40.8 Å². The normalized spacial score (nSPS) is 11.4. The molecule has 6 nitrogen and oxygen atoms in total. The van der Waals surface area contributed by atoms with Crippen LogP contribution in [0, 0.1) is 12.8 Å². The fourth-order valence-corrected chi connectivity index (χ4v) is 2.11. The van der Waals surface area contributed by atoms with Gasteiger partial charge in [0.15, 0.2) is 0 Å². The maximum Gasteiger partial charge on any atom is 0.335 e. The van der Waals surface area contributed by atoms with Gasteiger partial charge >= 0.3 is 11.7 Å². The van der Waals surface area contributed by atoms with Gasteiger partial charge in [-0.1, -0.05) is 12.1 Å². The van der Waals surface area contributed by atoms with Crippen molar-refractivity contribution in [2.45, 2.75) is 20.4 Å². The number of aliphatic carboxylic acids is 1. The van der Waals surface area contributed by atoms with Crippen LogP contribution in [0.3, 0.4) is 0 Å². The van der Waals surface area contributed by atoms with Gasteiger partial charge in [-0.05, 0) is 32.1 Å². The first-order valence-corrected chi connectivity index (χ1v) is 6.51. The second kappa shape index (κ2) is 7.64. The van der Waals surface area contributed by atoms with Crippen LogP contribution in [-0.2, 0) is 11.3 Å². The molecule has 22 heavy (non-hydrogen) atoms. The molecule has 0 atom stereocenters. The molecule has 0 saturated carbocycles. The summed E-state index contributed by atoms with van der Waals surface area (Å²) in [6, 6.07) is 7.05. The van der Waals surface area contributed by atoms with Crippen molar-refractivity contribution in [2.24, 2.45) is 4.99 Å². The summed E-state index contributed by atoms with van der Waals surface area (Å²) in [7, 11) is 0. The van der Waals surface area contributed by atoms with Gasteiger partial charge in [-0.2, -0.15) is 0 Å². The van der Waals surface area contributed by atoms with Crippen LogP contribution in [0.25, 0.3) is 16.9 Å². The number of imidazole rings is 1. The van der Waals surface area contributed by atoms with E-state index < -0.39 is 11.7 Å². The Hall–Kier alpha value is -3.07. The average molecular weight is 299 g/mol. The molecule has 1 aromatic carbocycles. The van der Waals surface area contributed by atoms with Crippen LogP contribution in [0.1, 0.15) is 13.8 Å². The molecule has 1 heterocycles. The number of aliphatic imine (C=N–C) groups is 1. The van der Waals surface area contributed by atoms with Gasteiger partial charge in [0.25, 0.3) is 0 Å². The standard InChI is InChI=1S/C14H15N3O3.C2H2/c1-3-12(15-4-2)17-11-8-6-5-7-10(11)16(14(17)20)9-13(18)19;1-2/h3-8H,9H2,1-2H3,(H,18,19);1-2H/b12-3+,15-4-;. The number of carboxylic acid groups (broad SMARTS) is 1. The lowest BCUT2D eigenvalue weighted by atomic mass is 10.3. The predicted octanol–water partition coefficient (Wildman–Crippen LogP) is 2.05. The number of para-hydroxylation sites is 2. The molecule has 0 saturated heterocycles. The minimum absolute atomic E-state index is 0.376. The fourth-order valence-electron chi connectivity index (χ4n) is 2.11. The Balaban J connectivity index is 0.00000116. The van der Waals surface area contributed by atoms with Crippen molar-refractivity contribution in [3.8, 4) is 12.8 Å². The number of nitrogens with zero attached hydrogens (tertiary/aromatic N) is 3. The van der Waals surface area contributed by atoms with E-state index in [0.717, 1.165) is 0 Å². The van der Waals surface area contributed by atoms with Crippen molar-refractivity contribution in [2.75, 3.05) is 0 Å². The van der Waals surface area contributed by atoms with Gasteiger partial charge in [0.1, 0.15) is 12.4 Å². The molecule has 0 radical (unpaired) electrons. The van der Waals surface area contributed by atoms with Crippen LogP contribution in [0.4, 0.5) is 0 Å². The van der Waals surface area contributed by atoms with E-state index in [1.54, 1.807) is 50.4 Å². The Morgan fingerprint density at radius 1 is 1.27 bits per heavy atom. The van der Waals surface area contributed by atoms with Crippen molar-refractivity contribution < 1.29 is 9.90 Å². The van der Waals surface area contributed by atoms with Crippen LogP contribution < -0.4 is 5.69 Å². The molecule has 0 aliphatic heterocycles. The highest BCUT2D eigenvalue weighted by molar-refractivity contribution is 5.82. The number of aromatic nitrogens is 2. The lowest BCUT2D eigenvalue weighted by Crippen LogP contribution is -2.26. The zero-order valence-corrected chi connectivity index (χ0v) is 12.4. The lowest BCUT2D eigenvalue weighted by Gasteiger charge is -2.02. The van der Waals surface area contributed by atoms with E-state index in [4.69, 9.17) is 5.11 Å².